The van der Waals surface area contributed by atoms with Crippen molar-refractivity contribution >= 4 is 0 Å². The minimum Gasteiger partial charge on any atom is -0.299 e. The van der Waals surface area contributed by atoms with Crippen molar-refractivity contribution in [3.8, 4) is 0 Å². The Kier molecular flexibility index (Phi) is 4.03. The van der Waals surface area contributed by atoms with E-state index in [2.05, 4.69) is 15.2 Å². The largest absolute Gasteiger partial charge is 0.299 e. The SMILES string of the molecule is Cc1cc(F)ccc1CC(NN)C1CN2CCN1CC2. The number of nitrogens with two attached hydrogens (primary N) is 1. The minimum atomic E-state index is -0.171. The molecule has 0 spiro atoms. The molecule has 4 nitrogen and oxygen atoms in total. The van der Waals surface area contributed by atoms with Gasteiger partial charge >= 0.3 is 0 Å². The van der Waals surface area contributed by atoms with Gasteiger partial charge < -0.3 is 0 Å². The summed E-state index contributed by atoms with van der Waals surface area (Å²) in [6.45, 7) is 7.64. The smallest absolute Gasteiger partial charge is 0.123 e. The van der Waals surface area contributed by atoms with E-state index in [-0.39, 0.29) is 11.9 Å². The molecule has 5 heteroatoms. The van der Waals surface area contributed by atoms with Crippen molar-refractivity contribution in [2.24, 2.45) is 5.84 Å². The second-order valence-electron chi connectivity index (χ2n) is 5.95. The van der Waals surface area contributed by atoms with Gasteiger partial charge in [0.1, 0.15) is 5.82 Å². The van der Waals surface area contributed by atoms with Gasteiger partial charge in [0.05, 0.1) is 0 Å². The molecule has 0 saturated carbocycles. The van der Waals surface area contributed by atoms with Crippen LogP contribution in [0.25, 0.3) is 0 Å². The van der Waals surface area contributed by atoms with Crippen LogP contribution < -0.4 is 11.3 Å². The molecule has 3 saturated heterocycles. The number of halogens is 1. The quantitative estimate of drug-likeness (QED) is 0.622. The van der Waals surface area contributed by atoms with Crippen molar-refractivity contribution < 1.29 is 4.39 Å². The summed E-state index contributed by atoms with van der Waals surface area (Å²) >= 11 is 0. The van der Waals surface area contributed by atoms with Crippen LogP contribution in [0.3, 0.4) is 0 Å². The van der Waals surface area contributed by atoms with E-state index in [4.69, 9.17) is 5.84 Å². The van der Waals surface area contributed by atoms with E-state index in [1.54, 1.807) is 6.07 Å². The fraction of sp³-hybridized carbons (Fsp3) is 0.600. The molecular weight excluding hydrogens is 255 g/mol. The lowest BCUT2D eigenvalue weighted by atomic mass is 9.93. The molecule has 1 aromatic carbocycles. The Bertz CT molecular complexity index is 471. The Hall–Kier alpha value is -1.01. The number of benzene rings is 1. The lowest BCUT2D eigenvalue weighted by Crippen LogP contribution is -2.67. The highest BCUT2D eigenvalue weighted by molar-refractivity contribution is 5.27. The summed E-state index contributed by atoms with van der Waals surface area (Å²) in [5, 5.41) is 0. The molecule has 1 aromatic rings. The lowest BCUT2D eigenvalue weighted by molar-refractivity contribution is -0.00316. The van der Waals surface area contributed by atoms with Gasteiger partial charge in [0.2, 0.25) is 0 Å². The average Bonchev–Trinajstić information content (AvgIpc) is 2.48. The van der Waals surface area contributed by atoms with Crippen LogP contribution in [0, 0.1) is 12.7 Å². The first-order valence-electron chi connectivity index (χ1n) is 7.35. The molecule has 2 bridgehead atoms. The monoisotopic (exact) mass is 278 g/mol. The number of hydrogen-bond donors (Lipinski definition) is 2. The number of nitrogens with zero attached hydrogens (tertiary/aromatic N) is 2. The standard InChI is InChI=1S/C15H23FN4/c1-11-8-13(16)3-2-12(11)9-14(18-17)15-10-19-4-6-20(15)7-5-19/h2-3,8,14-15,18H,4-7,9-10,17H2,1H3. The normalized spacial score (nSPS) is 30.4. The Morgan fingerprint density at radius 3 is 2.65 bits per heavy atom. The van der Waals surface area contributed by atoms with Crippen LogP contribution in [0.4, 0.5) is 4.39 Å². The number of rotatable bonds is 4. The number of hydrazine groups is 1. The van der Waals surface area contributed by atoms with Crippen LogP contribution >= 0.6 is 0 Å². The molecule has 0 amide bonds. The molecule has 0 aliphatic carbocycles. The van der Waals surface area contributed by atoms with E-state index in [0.717, 1.165) is 31.6 Å². The van der Waals surface area contributed by atoms with Gasteiger partial charge in [0.25, 0.3) is 0 Å². The molecule has 3 heterocycles. The summed E-state index contributed by atoms with van der Waals surface area (Å²) in [7, 11) is 0. The molecule has 3 fully saturated rings. The molecule has 110 valence electrons. The highest BCUT2D eigenvalue weighted by Gasteiger charge is 2.36. The molecule has 3 aliphatic rings. The molecule has 3 N–H and O–H groups in total. The molecule has 0 radical (unpaired) electrons. The van der Waals surface area contributed by atoms with Crippen LogP contribution in [0.5, 0.6) is 0 Å². The second-order valence-corrected chi connectivity index (χ2v) is 5.95. The predicted octanol–water partition coefficient (Wildman–Crippen LogP) is 0.508. The lowest BCUT2D eigenvalue weighted by Gasteiger charge is -2.50. The highest BCUT2D eigenvalue weighted by atomic mass is 19.1. The first-order valence-corrected chi connectivity index (χ1v) is 7.35. The van der Waals surface area contributed by atoms with E-state index in [1.165, 1.54) is 24.7 Å². The Labute approximate surface area is 119 Å². The fourth-order valence-electron chi connectivity index (χ4n) is 3.47. The number of nitrogens with one attached hydrogen (secondary N) is 1. The van der Waals surface area contributed by atoms with Crippen LogP contribution in [0.15, 0.2) is 18.2 Å². The molecule has 2 unspecified atom stereocenters. The molecule has 3 aliphatic heterocycles. The van der Waals surface area contributed by atoms with E-state index in [0.29, 0.717) is 6.04 Å². The Morgan fingerprint density at radius 1 is 1.35 bits per heavy atom. The van der Waals surface area contributed by atoms with Gasteiger partial charge in [-0.15, -0.1) is 0 Å². The number of aryl methyl sites for hydroxylation is 1. The van der Waals surface area contributed by atoms with Crippen LogP contribution in [0.1, 0.15) is 11.1 Å². The zero-order valence-electron chi connectivity index (χ0n) is 12.0. The fourth-order valence-corrected chi connectivity index (χ4v) is 3.47. The van der Waals surface area contributed by atoms with Gasteiger partial charge in [-0.25, -0.2) is 4.39 Å². The van der Waals surface area contributed by atoms with E-state index < -0.39 is 0 Å². The van der Waals surface area contributed by atoms with Gasteiger partial charge in [-0.2, -0.15) is 0 Å². The highest BCUT2D eigenvalue weighted by Crippen LogP contribution is 2.21. The van der Waals surface area contributed by atoms with E-state index in [9.17, 15) is 4.39 Å². The molecule has 0 aromatic heterocycles. The zero-order chi connectivity index (χ0) is 14.1. The van der Waals surface area contributed by atoms with Crippen LogP contribution in [-0.4, -0.2) is 54.6 Å². The number of fused-ring (bicyclic) bond motifs is 3. The van der Waals surface area contributed by atoms with Crippen molar-refractivity contribution in [3.05, 3.63) is 35.1 Å². The first kappa shape index (κ1) is 13.9. The van der Waals surface area contributed by atoms with Crippen molar-refractivity contribution in [2.75, 3.05) is 32.7 Å². The van der Waals surface area contributed by atoms with Gasteiger partial charge in [-0.1, -0.05) is 6.07 Å². The summed E-state index contributed by atoms with van der Waals surface area (Å²) in [6.07, 6.45) is 0.845. The summed E-state index contributed by atoms with van der Waals surface area (Å²) < 4.78 is 13.2. The maximum atomic E-state index is 13.2. The molecule has 4 rings (SSSR count). The third-order valence-corrected chi connectivity index (χ3v) is 4.74. The topological polar surface area (TPSA) is 44.5 Å². The summed E-state index contributed by atoms with van der Waals surface area (Å²) in [4.78, 5) is 5.04. The van der Waals surface area contributed by atoms with Crippen LogP contribution in [-0.2, 0) is 6.42 Å². The maximum Gasteiger partial charge on any atom is 0.123 e. The minimum absolute atomic E-state index is 0.171. The zero-order valence-corrected chi connectivity index (χ0v) is 12.0. The summed E-state index contributed by atoms with van der Waals surface area (Å²) in [5.74, 6) is 5.62. The summed E-state index contributed by atoms with van der Waals surface area (Å²) in [6, 6.07) is 5.67. The van der Waals surface area contributed by atoms with Gasteiger partial charge in [-0.3, -0.25) is 21.1 Å². The van der Waals surface area contributed by atoms with Crippen molar-refractivity contribution in [2.45, 2.75) is 25.4 Å². The maximum absolute atomic E-state index is 13.2. The number of piperazine rings is 3. The third-order valence-electron chi connectivity index (χ3n) is 4.74. The summed E-state index contributed by atoms with van der Waals surface area (Å²) in [5.41, 5.74) is 5.16. The van der Waals surface area contributed by atoms with Crippen molar-refractivity contribution in [3.63, 3.8) is 0 Å². The second kappa shape index (κ2) is 5.77. The Morgan fingerprint density at radius 2 is 2.10 bits per heavy atom. The molecule has 20 heavy (non-hydrogen) atoms. The van der Waals surface area contributed by atoms with Gasteiger partial charge in [-0.05, 0) is 36.6 Å². The van der Waals surface area contributed by atoms with Crippen molar-refractivity contribution in [1.29, 1.82) is 0 Å². The average molecular weight is 278 g/mol. The number of hydrogen-bond acceptors (Lipinski definition) is 4. The molecule has 2 atom stereocenters. The molecular formula is C15H23FN4. The Balaban J connectivity index is 1.73. The van der Waals surface area contributed by atoms with Crippen molar-refractivity contribution in [1.82, 2.24) is 15.2 Å². The van der Waals surface area contributed by atoms with Gasteiger partial charge in [0, 0.05) is 44.8 Å². The van der Waals surface area contributed by atoms with E-state index >= 15 is 0 Å². The van der Waals surface area contributed by atoms with Crippen LogP contribution in [0.2, 0.25) is 0 Å². The van der Waals surface area contributed by atoms with E-state index in [1.807, 2.05) is 13.0 Å². The first-order chi connectivity index (χ1) is 9.67. The van der Waals surface area contributed by atoms with Gasteiger partial charge in [0.15, 0.2) is 0 Å². The predicted molar refractivity (Wildman–Crippen MR) is 77.8 cm³/mol. The third kappa shape index (κ3) is 2.72.